The SMILES string of the molecule is N=C(N)c1ccc(Oc2cc(Br)ccc2Cl)cc1. The van der Waals surface area contributed by atoms with Crippen LogP contribution in [-0.4, -0.2) is 5.84 Å². The van der Waals surface area contributed by atoms with Crippen LogP contribution in [0.2, 0.25) is 5.02 Å². The van der Waals surface area contributed by atoms with Gasteiger partial charge in [-0.2, -0.15) is 0 Å². The predicted molar refractivity (Wildman–Crippen MR) is 76.7 cm³/mol. The fraction of sp³-hybridized carbons (Fsp3) is 0. The molecule has 18 heavy (non-hydrogen) atoms. The highest BCUT2D eigenvalue weighted by molar-refractivity contribution is 9.10. The summed E-state index contributed by atoms with van der Waals surface area (Å²) in [6.45, 7) is 0. The Bertz CT molecular complexity index is 584. The van der Waals surface area contributed by atoms with Gasteiger partial charge in [-0.1, -0.05) is 27.5 Å². The van der Waals surface area contributed by atoms with E-state index in [2.05, 4.69) is 15.9 Å². The van der Waals surface area contributed by atoms with Crippen LogP contribution in [0, 0.1) is 5.41 Å². The zero-order chi connectivity index (χ0) is 13.1. The summed E-state index contributed by atoms with van der Waals surface area (Å²) in [5, 5.41) is 7.83. The maximum Gasteiger partial charge on any atom is 0.147 e. The smallest absolute Gasteiger partial charge is 0.147 e. The van der Waals surface area contributed by atoms with E-state index in [0.29, 0.717) is 22.1 Å². The molecule has 0 aliphatic rings. The molecule has 0 aromatic heterocycles. The third kappa shape index (κ3) is 3.03. The summed E-state index contributed by atoms with van der Waals surface area (Å²) in [5.74, 6) is 1.24. The van der Waals surface area contributed by atoms with Crippen molar-refractivity contribution in [2.75, 3.05) is 0 Å². The molecule has 0 heterocycles. The summed E-state index contributed by atoms with van der Waals surface area (Å²) in [5.41, 5.74) is 6.03. The maximum absolute atomic E-state index is 7.30. The Morgan fingerprint density at radius 1 is 1.17 bits per heavy atom. The molecule has 0 atom stereocenters. The van der Waals surface area contributed by atoms with Gasteiger partial charge >= 0.3 is 0 Å². The molecule has 0 bridgehead atoms. The van der Waals surface area contributed by atoms with Crippen molar-refractivity contribution in [2.24, 2.45) is 5.73 Å². The number of rotatable bonds is 3. The highest BCUT2D eigenvalue weighted by atomic mass is 79.9. The van der Waals surface area contributed by atoms with E-state index in [1.54, 1.807) is 36.4 Å². The second-order valence-corrected chi connectivity index (χ2v) is 4.94. The lowest BCUT2D eigenvalue weighted by Gasteiger charge is -2.08. The van der Waals surface area contributed by atoms with Crippen molar-refractivity contribution in [3.8, 4) is 11.5 Å². The molecule has 0 saturated carbocycles. The average molecular weight is 326 g/mol. The zero-order valence-electron chi connectivity index (χ0n) is 9.28. The molecule has 2 aromatic rings. The van der Waals surface area contributed by atoms with Crippen molar-refractivity contribution in [2.45, 2.75) is 0 Å². The summed E-state index contributed by atoms with van der Waals surface area (Å²) in [4.78, 5) is 0. The largest absolute Gasteiger partial charge is 0.456 e. The van der Waals surface area contributed by atoms with E-state index < -0.39 is 0 Å². The molecule has 0 spiro atoms. The summed E-state index contributed by atoms with van der Waals surface area (Å²) in [6.07, 6.45) is 0. The fourth-order valence-corrected chi connectivity index (χ4v) is 1.88. The van der Waals surface area contributed by atoms with Gasteiger partial charge < -0.3 is 10.5 Å². The number of benzene rings is 2. The molecule has 5 heteroatoms. The molecule has 0 aliphatic carbocycles. The van der Waals surface area contributed by atoms with Crippen molar-refractivity contribution in [3.63, 3.8) is 0 Å². The Morgan fingerprint density at radius 2 is 1.83 bits per heavy atom. The Labute approximate surface area is 118 Å². The molecule has 3 N–H and O–H groups in total. The first-order valence-corrected chi connectivity index (χ1v) is 6.31. The van der Waals surface area contributed by atoms with Gasteiger partial charge in [0.15, 0.2) is 0 Å². The predicted octanol–water partition coefficient (Wildman–Crippen LogP) is 4.18. The number of nitrogens with two attached hydrogens (primary N) is 1. The quantitative estimate of drug-likeness (QED) is 0.657. The molecule has 2 aromatic carbocycles. The van der Waals surface area contributed by atoms with Gasteiger partial charge in [-0.25, -0.2) is 0 Å². The van der Waals surface area contributed by atoms with Crippen LogP contribution < -0.4 is 10.5 Å². The van der Waals surface area contributed by atoms with E-state index in [1.807, 2.05) is 6.07 Å². The third-order valence-corrected chi connectivity index (χ3v) is 3.09. The van der Waals surface area contributed by atoms with Gasteiger partial charge in [0, 0.05) is 10.0 Å². The summed E-state index contributed by atoms with van der Waals surface area (Å²) >= 11 is 9.38. The highest BCUT2D eigenvalue weighted by Crippen LogP contribution is 2.31. The number of hydrogen-bond acceptors (Lipinski definition) is 2. The van der Waals surface area contributed by atoms with Crippen molar-refractivity contribution in [1.29, 1.82) is 5.41 Å². The van der Waals surface area contributed by atoms with Gasteiger partial charge in [0.05, 0.1) is 5.02 Å². The zero-order valence-corrected chi connectivity index (χ0v) is 11.6. The minimum Gasteiger partial charge on any atom is -0.456 e. The average Bonchev–Trinajstić information content (AvgIpc) is 2.34. The third-order valence-electron chi connectivity index (χ3n) is 2.29. The van der Waals surface area contributed by atoms with Gasteiger partial charge in [0.2, 0.25) is 0 Å². The molecule has 0 aliphatic heterocycles. The lowest BCUT2D eigenvalue weighted by molar-refractivity contribution is 0.482. The number of amidine groups is 1. The van der Waals surface area contributed by atoms with Crippen molar-refractivity contribution >= 4 is 33.4 Å². The van der Waals surface area contributed by atoms with Crippen LogP contribution in [0.4, 0.5) is 0 Å². The molecule has 3 nitrogen and oxygen atoms in total. The van der Waals surface area contributed by atoms with Crippen LogP contribution in [-0.2, 0) is 0 Å². The van der Waals surface area contributed by atoms with E-state index in [-0.39, 0.29) is 5.84 Å². The lowest BCUT2D eigenvalue weighted by Crippen LogP contribution is -2.10. The Balaban J connectivity index is 2.23. The molecular weight excluding hydrogens is 316 g/mol. The summed E-state index contributed by atoms with van der Waals surface area (Å²) in [6, 6.07) is 12.3. The van der Waals surface area contributed by atoms with Gasteiger partial charge in [0.25, 0.3) is 0 Å². The second kappa shape index (κ2) is 5.42. The van der Waals surface area contributed by atoms with E-state index in [1.165, 1.54) is 0 Å². The number of hydrogen-bond donors (Lipinski definition) is 2. The normalized spacial score (nSPS) is 10.1. The maximum atomic E-state index is 7.30. The standard InChI is InChI=1S/C13H10BrClN2O/c14-9-3-6-11(15)12(7-9)18-10-4-1-8(2-5-10)13(16)17/h1-7H,(H3,16,17). The van der Waals surface area contributed by atoms with E-state index >= 15 is 0 Å². The van der Waals surface area contributed by atoms with Crippen LogP contribution in [0.25, 0.3) is 0 Å². The van der Waals surface area contributed by atoms with E-state index in [0.717, 1.165) is 4.47 Å². The highest BCUT2D eigenvalue weighted by Gasteiger charge is 2.04. The monoisotopic (exact) mass is 324 g/mol. The number of nitrogen functional groups attached to an aromatic ring is 1. The molecule has 0 fully saturated rings. The molecule has 2 rings (SSSR count). The van der Waals surface area contributed by atoms with Crippen LogP contribution in [0.5, 0.6) is 11.5 Å². The molecule has 0 amide bonds. The lowest BCUT2D eigenvalue weighted by atomic mass is 10.2. The van der Waals surface area contributed by atoms with Crippen molar-refractivity contribution in [3.05, 3.63) is 57.5 Å². The van der Waals surface area contributed by atoms with Crippen molar-refractivity contribution < 1.29 is 4.74 Å². The van der Waals surface area contributed by atoms with Gasteiger partial charge in [-0.05, 0) is 42.5 Å². The minimum absolute atomic E-state index is 0.0297. The fourth-order valence-electron chi connectivity index (χ4n) is 1.38. The van der Waals surface area contributed by atoms with Crippen molar-refractivity contribution in [1.82, 2.24) is 0 Å². The van der Waals surface area contributed by atoms with Gasteiger partial charge in [-0.15, -0.1) is 0 Å². The number of nitrogens with one attached hydrogen (secondary N) is 1. The first-order chi connectivity index (χ1) is 8.56. The number of ether oxygens (including phenoxy) is 1. The van der Waals surface area contributed by atoms with Crippen LogP contribution in [0.15, 0.2) is 46.9 Å². The molecule has 0 unspecified atom stereocenters. The van der Waals surface area contributed by atoms with Crippen LogP contribution >= 0.6 is 27.5 Å². The van der Waals surface area contributed by atoms with Gasteiger partial charge in [-0.3, -0.25) is 5.41 Å². The Hall–Kier alpha value is -1.52. The van der Waals surface area contributed by atoms with E-state index in [9.17, 15) is 0 Å². The van der Waals surface area contributed by atoms with Crippen LogP contribution in [0.3, 0.4) is 0 Å². The minimum atomic E-state index is 0.0297. The topological polar surface area (TPSA) is 59.1 Å². The molecule has 0 radical (unpaired) electrons. The van der Waals surface area contributed by atoms with Gasteiger partial charge in [0.1, 0.15) is 17.3 Å². The summed E-state index contributed by atoms with van der Waals surface area (Å²) < 4.78 is 6.54. The molecular formula is C13H10BrClN2O. The van der Waals surface area contributed by atoms with Crippen LogP contribution in [0.1, 0.15) is 5.56 Å². The first-order valence-electron chi connectivity index (χ1n) is 5.13. The first kappa shape index (κ1) is 12.9. The second-order valence-electron chi connectivity index (χ2n) is 3.61. The number of halogens is 2. The molecule has 92 valence electrons. The summed E-state index contributed by atoms with van der Waals surface area (Å²) in [7, 11) is 0. The Morgan fingerprint density at radius 3 is 2.44 bits per heavy atom. The van der Waals surface area contributed by atoms with E-state index in [4.69, 9.17) is 27.5 Å². The Kier molecular flexibility index (Phi) is 3.89. The molecule has 0 saturated heterocycles.